The fourth-order valence-electron chi connectivity index (χ4n) is 0.587. The van der Waals surface area contributed by atoms with E-state index in [0.717, 1.165) is 0 Å². The van der Waals surface area contributed by atoms with Crippen molar-refractivity contribution in [3.8, 4) is 5.75 Å². The smallest absolute Gasteiger partial charge is 0.358 e. The van der Waals surface area contributed by atoms with Crippen LogP contribution in [0.4, 0.5) is 0 Å². The number of carbonyl (C=O) groups is 1. The van der Waals surface area contributed by atoms with Crippen molar-refractivity contribution in [2.75, 3.05) is 0 Å². The van der Waals surface area contributed by atoms with Gasteiger partial charge in [0.05, 0.1) is 4.47 Å². The lowest BCUT2D eigenvalue weighted by Crippen LogP contribution is -1.99. The zero-order chi connectivity index (χ0) is 8.43. The summed E-state index contributed by atoms with van der Waals surface area (Å²) in [5, 5.41) is 17.5. The van der Waals surface area contributed by atoms with Gasteiger partial charge in [-0.3, -0.25) is 0 Å². The van der Waals surface area contributed by atoms with Crippen LogP contribution in [-0.2, 0) is 0 Å². The maximum atomic E-state index is 10.3. The van der Waals surface area contributed by atoms with Crippen LogP contribution in [0.25, 0.3) is 0 Å². The summed E-state index contributed by atoms with van der Waals surface area (Å²) in [7, 11) is 0. The predicted molar refractivity (Wildman–Crippen MR) is 50.9 cm³/mol. The Balaban J connectivity index is 0.00000121. The Hall–Kier alpha value is -0.620. The lowest BCUT2D eigenvalue weighted by Gasteiger charge is -1.98. The van der Waals surface area contributed by atoms with E-state index in [1.165, 1.54) is 12.3 Å². The summed E-state index contributed by atoms with van der Waals surface area (Å²) in [5.41, 5.74) is -0.348. The van der Waals surface area contributed by atoms with E-state index in [9.17, 15) is 4.79 Å². The van der Waals surface area contributed by atoms with Crippen molar-refractivity contribution in [1.82, 2.24) is 4.98 Å². The van der Waals surface area contributed by atoms with E-state index in [1.54, 1.807) is 0 Å². The predicted octanol–water partition coefficient (Wildman–Crippen LogP) is 1.83. The standard InChI is InChI=1S/C6H4BrNO3.BrH/c7-3-1-2-8-4(5(3)9)6(10)11;/h1-2,9H,(H,10,11);1H. The Labute approximate surface area is 87.1 Å². The van der Waals surface area contributed by atoms with Gasteiger partial charge < -0.3 is 10.2 Å². The minimum absolute atomic E-state index is 0. The number of hydrogen-bond acceptors (Lipinski definition) is 3. The van der Waals surface area contributed by atoms with Crippen molar-refractivity contribution in [2.45, 2.75) is 0 Å². The molecule has 0 aliphatic heterocycles. The van der Waals surface area contributed by atoms with Gasteiger partial charge in [-0.2, -0.15) is 0 Å². The molecule has 66 valence electrons. The average Bonchev–Trinajstić information content (AvgIpc) is 1.94. The molecule has 0 spiro atoms. The first kappa shape index (κ1) is 11.4. The summed E-state index contributed by atoms with van der Waals surface area (Å²) in [6.07, 6.45) is 1.30. The zero-order valence-corrected chi connectivity index (χ0v) is 8.99. The molecule has 2 N–H and O–H groups in total. The SMILES string of the molecule is Br.O=C(O)c1nccc(Br)c1O. The molecule has 6 heteroatoms. The molecule has 12 heavy (non-hydrogen) atoms. The molecule has 0 aliphatic carbocycles. The number of nitrogens with zero attached hydrogens (tertiary/aromatic N) is 1. The third-order valence-corrected chi connectivity index (χ3v) is 1.72. The number of carboxylic acid groups (broad SMARTS) is 1. The molecule has 4 nitrogen and oxygen atoms in total. The molecule has 0 amide bonds. The van der Waals surface area contributed by atoms with Gasteiger partial charge in [0, 0.05) is 6.20 Å². The molecule has 0 fully saturated rings. The molecule has 0 atom stereocenters. The number of halogens is 2. The highest BCUT2D eigenvalue weighted by atomic mass is 79.9. The molecule has 1 heterocycles. The minimum Gasteiger partial charge on any atom is -0.504 e. The number of pyridine rings is 1. The number of hydrogen-bond donors (Lipinski definition) is 2. The van der Waals surface area contributed by atoms with Crippen LogP contribution in [0.5, 0.6) is 5.75 Å². The van der Waals surface area contributed by atoms with Crippen molar-refractivity contribution in [2.24, 2.45) is 0 Å². The molecule has 1 aromatic rings. The molecule has 0 saturated carbocycles. The molecule has 0 aliphatic rings. The Morgan fingerprint density at radius 3 is 2.58 bits per heavy atom. The molecule has 1 aromatic heterocycles. The van der Waals surface area contributed by atoms with Crippen LogP contribution >= 0.6 is 32.9 Å². The second-order valence-corrected chi connectivity index (χ2v) is 2.65. The fourth-order valence-corrected chi connectivity index (χ4v) is 0.893. The Bertz CT molecular complexity index is 303. The molecule has 0 saturated heterocycles. The average molecular weight is 299 g/mol. The first-order chi connectivity index (χ1) is 5.13. The second-order valence-electron chi connectivity index (χ2n) is 1.80. The second kappa shape index (κ2) is 4.42. The third-order valence-electron chi connectivity index (χ3n) is 1.08. The van der Waals surface area contributed by atoms with Crippen LogP contribution in [0.3, 0.4) is 0 Å². The van der Waals surface area contributed by atoms with E-state index in [2.05, 4.69) is 20.9 Å². The van der Waals surface area contributed by atoms with E-state index in [4.69, 9.17) is 10.2 Å². The Morgan fingerprint density at radius 1 is 1.58 bits per heavy atom. The summed E-state index contributed by atoms with van der Waals surface area (Å²) < 4.78 is 0.324. The number of aromatic carboxylic acids is 1. The number of aromatic nitrogens is 1. The van der Waals surface area contributed by atoms with Gasteiger partial charge in [0.25, 0.3) is 0 Å². The van der Waals surface area contributed by atoms with Crippen molar-refractivity contribution in [3.63, 3.8) is 0 Å². The number of rotatable bonds is 1. The van der Waals surface area contributed by atoms with Crippen LogP contribution < -0.4 is 0 Å². The highest BCUT2D eigenvalue weighted by Gasteiger charge is 2.12. The molecular formula is C6H5Br2NO3. The van der Waals surface area contributed by atoms with Crippen LogP contribution in [0.2, 0.25) is 0 Å². The van der Waals surface area contributed by atoms with Gasteiger partial charge in [-0.05, 0) is 22.0 Å². The first-order valence-corrected chi connectivity index (χ1v) is 3.49. The van der Waals surface area contributed by atoms with E-state index in [-0.39, 0.29) is 28.4 Å². The first-order valence-electron chi connectivity index (χ1n) is 2.69. The van der Waals surface area contributed by atoms with Crippen LogP contribution in [0.15, 0.2) is 16.7 Å². The number of aromatic hydroxyl groups is 1. The molecule has 0 bridgehead atoms. The van der Waals surface area contributed by atoms with Gasteiger partial charge in [-0.1, -0.05) is 0 Å². The maximum absolute atomic E-state index is 10.3. The quantitative estimate of drug-likeness (QED) is 0.830. The fraction of sp³-hybridized carbons (Fsp3) is 0. The van der Waals surface area contributed by atoms with E-state index in [0.29, 0.717) is 4.47 Å². The molecule has 0 aromatic carbocycles. The van der Waals surface area contributed by atoms with Crippen molar-refractivity contribution >= 4 is 38.9 Å². The Kier molecular flexibility index (Phi) is 4.19. The molecule has 1 rings (SSSR count). The lowest BCUT2D eigenvalue weighted by molar-refractivity contribution is 0.0687. The van der Waals surface area contributed by atoms with Gasteiger partial charge >= 0.3 is 5.97 Å². The summed E-state index contributed by atoms with van der Waals surface area (Å²) in [6.45, 7) is 0. The van der Waals surface area contributed by atoms with Crippen LogP contribution in [0, 0.1) is 0 Å². The maximum Gasteiger partial charge on any atom is 0.358 e. The molecule has 0 radical (unpaired) electrons. The molecular weight excluding hydrogens is 294 g/mol. The van der Waals surface area contributed by atoms with Crippen molar-refractivity contribution < 1.29 is 15.0 Å². The van der Waals surface area contributed by atoms with Gasteiger partial charge in [-0.25, -0.2) is 9.78 Å². The van der Waals surface area contributed by atoms with E-state index in [1.807, 2.05) is 0 Å². The van der Waals surface area contributed by atoms with Gasteiger partial charge in [0.1, 0.15) is 0 Å². The minimum atomic E-state index is -1.25. The zero-order valence-electron chi connectivity index (χ0n) is 5.69. The summed E-state index contributed by atoms with van der Waals surface area (Å²) >= 11 is 2.96. The van der Waals surface area contributed by atoms with Crippen LogP contribution in [-0.4, -0.2) is 21.2 Å². The Morgan fingerprint density at radius 2 is 2.17 bits per heavy atom. The van der Waals surface area contributed by atoms with Gasteiger partial charge in [0.2, 0.25) is 0 Å². The van der Waals surface area contributed by atoms with Crippen molar-refractivity contribution in [1.29, 1.82) is 0 Å². The van der Waals surface area contributed by atoms with E-state index < -0.39 is 5.97 Å². The highest BCUT2D eigenvalue weighted by Crippen LogP contribution is 2.25. The lowest BCUT2D eigenvalue weighted by atomic mass is 10.3. The number of carboxylic acids is 1. The van der Waals surface area contributed by atoms with Gasteiger partial charge in [0.15, 0.2) is 11.4 Å². The monoisotopic (exact) mass is 297 g/mol. The topological polar surface area (TPSA) is 70.4 Å². The molecule has 0 unspecified atom stereocenters. The summed E-state index contributed by atoms with van der Waals surface area (Å²) in [5.74, 6) is -1.59. The van der Waals surface area contributed by atoms with Crippen LogP contribution in [0.1, 0.15) is 10.5 Å². The van der Waals surface area contributed by atoms with E-state index >= 15 is 0 Å². The highest BCUT2D eigenvalue weighted by molar-refractivity contribution is 9.10. The third kappa shape index (κ3) is 2.18. The van der Waals surface area contributed by atoms with Crippen molar-refractivity contribution in [3.05, 3.63) is 22.4 Å². The summed E-state index contributed by atoms with van der Waals surface area (Å²) in [6, 6.07) is 1.46. The summed E-state index contributed by atoms with van der Waals surface area (Å²) in [4.78, 5) is 13.8. The normalized spacial score (nSPS) is 8.75. The largest absolute Gasteiger partial charge is 0.504 e. The van der Waals surface area contributed by atoms with Gasteiger partial charge in [-0.15, -0.1) is 17.0 Å².